The molecule has 0 aliphatic heterocycles. The van der Waals surface area contributed by atoms with Crippen LogP contribution in [-0.4, -0.2) is 19.3 Å². The van der Waals surface area contributed by atoms with Gasteiger partial charge in [0.15, 0.2) is 0 Å². The van der Waals surface area contributed by atoms with Crippen molar-refractivity contribution in [3.8, 4) is 11.5 Å². The Bertz CT molecular complexity index is 662. The lowest BCUT2D eigenvalue weighted by Crippen LogP contribution is -2.05. The van der Waals surface area contributed by atoms with Crippen LogP contribution in [0.3, 0.4) is 0 Å². The highest BCUT2D eigenvalue weighted by Crippen LogP contribution is 2.39. The van der Waals surface area contributed by atoms with Gasteiger partial charge < -0.3 is 14.6 Å². The largest absolute Gasteiger partial charge is 0.496 e. The molecular formula is C15H13Br2FO3. The normalized spacial score (nSPS) is 12.1. The maximum Gasteiger partial charge on any atom is 0.133 e. The fraction of sp³-hybridized carbons (Fsp3) is 0.200. The number of ether oxygens (including phenoxy) is 2. The molecule has 0 amide bonds. The summed E-state index contributed by atoms with van der Waals surface area (Å²) in [5.41, 5.74) is 0.904. The number of hydrogen-bond acceptors (Lipinski definition) is 3. The third-order valence-corrected chi connectivity index (χ3v) is 4.39. The fourth-order valence-electron chi connectivity index (χ4n) is 1.99. The van der Waals surface area contributed by atoms with E-state index in [9.17, 15) is 9.50 Å². The monoisotopic (exact) mass is 418 g/mol. The van der Waals surface area contributed by atoms with Crippen LogP contribution in [0.2, 0.25) is 0 Å². The molecule has 1 N–H and O–H groups in total. The van der Waals surface area contributed by atoms with Crippen molar-refractivity contribution < 1.29 is 19.0 Å². The first-order valence-electron chi connectivity index (χ1n) is 6.02. The smallest absolute Gasteiger partial charge is 0.133 e. The van der Waals surface area contributed by atoms with Crippen molar-refractivity contribution in [2.75, 3.05) is 14.2 Å². The van der Waals surface area contributed by atoms with E-state index in [1.54, 1.807) is 18.2 Å². The number of rotatable bonds is 4. The Morgan fingerprint density at radius 2 is 1.62 bits per heavy atom. The van der Waals surface area contributed by atoms with Gasteiger partial charge in [0.1, 0.15) is 23.4 Å². The van der Waals surface area contributed by atoms with Gasteiger partial charge in [0.25, 0.3) is 0 Å². The van der Waals surface area contributed by atoms with Gasteiger partial charge in [0.05, 0.1) is 18.7 Å². The number of aliphatic hydroxyl groups is 1. The van der Waals surface area contributed by atoms with Crippen LogP contribution < -0.4 is 9.47 Å². The summed E-state index contributed by atoms with van der Waals surface area (Å²) in [7, 11) is 3.03. The van der Waals surface area contributed by atoms with E-state index in [0.29, 0.717) is 31.6 Å². The summed E-state index contributed by atoms with van der Waals surface area (Å²) in [4.78, 5) is 0. The summed E-state index contributed by atoms with van der Waals surface area (Å²) >= 11 is 6.67. The Labute approximate surface area is 139 Å². The lowest BCUT2D eigenvalue weighted by molar-refractivity contribution is 0.213. The molecule has 0 aromatic heterocycles. The quantitative estimate of drug-likeness (QED) is 0.795. The van der Waals surface area contributed by atoms with Crippen LogP contribution in [0.4, 0.5) is 4.39 Å². The molecule has 2 rings (SSSR count). The van der Waals surface area contributed by atoms with E-state index in [2.05, 4.69) is 31.9 Å². The molecule has 6 heteroatoms. The van der Waals surface area contributed by atoms with Crippen molar-refractivity contribution >= 4 is 31.9 Å². The first-order valence-corrected chi connectivity index (χ1v) is 7.61. The number of benzene rings is 2. The van der Waals surface area contributed by atoms with E-state index >= 15 is 0 Å². The van der Waals surface area contributed by atoms with Crippen molar-refractivity contribution in [1.29, 1.82) is 0 Å². The van der Waals surface area contributed by atoms with Gasteiger partial charge >= 0.3 is 0 Å². The molecule has 0 saturated heterocycles. The average Bonchev–Trinajstić information content (AvgIpc) is 2.48. The lowest BCUT2D eigenvalue weighted by atomic mass is 10.00. The molecule has 0 fully saturated rings. The number of hydrogen-bond donors (Lipinski definition) is 1. The summed E-state index contributed by atoms with van der Waals surface area (Å²) in [6.07, 6.45) is -1.05. The second-order valence-electron chi connectivity index (χ2n) is 4.30. The topological polar surface area (TPSA) is 38.7 Å². The van der Waals surface area contributed by atoms with Crippen LogP contribution in [0.25, 0.3) is 0 Å². The molecule has 0 heterocycles. The predicted molar refractivity (Wildman–Crippen MR) is 85.4 cm³/mol. The van der Waals surface area contributed by atoms with E-state index in [1.807, 2.05) is 0 Å². The molecule has 0 aliphatic carbocycles. The zero-order valence-electron chi connectivity index (χ0n) is 11.4. The van der Waals surface area contributed by atoms with Gasteiger partial charge in [0.2, 0.25) is 0 Å². The maximum atomic E-state index is 13.4. The van der Waals surface area contributed by atoms with Gasteiger partial charge in [-0.05, 0) is 46.3 Å². The summed E-state index contributed by atoms with van der Waals surface area (Å²) in [5, 5.41) is 10.6. The Kier molecular flexibility index (Phi) is 5.24. The molecule has 2 aromatic rings. The minimum atomic E-state index is -1.05. The molecule has 0 bridgehead atoms. The van der Waals surface area contributed by atoms with Crippen molar-refractivity contribution in [3.63, 3.8) is 0 Å². The lowest BCUT2D eigenvalue weighted by Gasteiger charge is -2.18. The average molecular weight is 420 g/mol. The summed E-state index contributed by atoms with van der Waals surface area (Å²) in [6.45, 7) is 0. The van der Waals surface area contributed by atoms with Gasteiger partial charge in [-0.2, -0.15) is 0 Å². The molecule has 3 nitrogen and oxygen atoms in total. The van der Waals surface area contributed by atoms with Crippen LogP contribution in [0.1, 0.15) is 17.2 Å². The van der Waals surface area contributed by atoms with E-state index in [0.717, 1.165) is 0 Å². The Balaban J connectivity index is 2.56. The number of aliphatic hydroxyl groups excluding tert-OH is 1. The molecular weight excluding hydrogens is 407 g/mol. The van der Waals surface area contributed by atoms with Crippen molar-refractivity contribution in [3.05, 3.63) is 56.2 Å². The highest BCUT2D eigenvalue weighted by atomic mass is 79.9. The molecule has 0 saturated carbocycles. The third kappa shape index (κ3) is 3.39. The first-order chi connectivity index (χ1) is 9.97. The second kappa shape index (κ2) is 6.77. The molecule has 2 aromatic carbocycles. The summed E-state index contributed by atoms with van der Waals surface area (Å²) < 4.78 is 25.2. The number of halogens is 3. The Morgan fingerprint density at radius 1 is 0.952 bits per heavy atom. The standard InChI is InChI=1S/C15H13Br2FO3/c1-20-13-7-12(17)14(21-2)6-10(13)15(19)9-5-8(18)3-4-11(9)16/h3-7,15,19H,1-2H3. The van der Waals surface area contributed by atoms with Crippen LogP contribution in [0.5, 0.6) is 11.5 Å². The second-order valence-corrected chi connectivity index (χ2v) is 6.01. The van der Waals surface area contributed by atoms with Crippen LogP contribution in [-0.2, 0) is 0 Å². The molecule has 0 radical (unpaired) electrons. The van der Waals surface area contributed by atoms with E-state index in [1.165, 1.54) is 26.4 Å². The summed E-state index contributed by atoms with van der Waals surface area (Å²) in [6, 6.07) is 7.51. The van der Waals surface area contributed by atoms with Crippen molar-refractivity contribution in [1.82, 2.24) is 0 Å². The van der Waals surface area contributed by atoms with Gasteiger partial charge in [-0.15, -0.1) is 0 Å². The van der Waals surface area contributed by atoms with E-state index < -0.39 is 11.9 Å². The van der Waals surface area contributed by atoms with Gasteiger partial charge in [0, 0.05) is 15.6 Å². The van der Waals surface area contributed by atoms with Crippen LogP contribution in [0, 0.1) is 5.82 Å². The number of methoxy groups -OCH3 is 2. The fourth-order valence-corrected chi connectivity index (χ4v) is 2.94. The minimum absolute atomic E-state index is 0.415. The molecule has 1 atom stereocenters. The third-order valence-electron chi connectivity index (χ3n) is 3.05. The van der Waals surface area contributed by atoms with Crippen LogP contribution >= 0.6 is 31.9 Å². The van der Waals surface area contributed by atoms with Gasteiger partial charge in [-0.3, -0.25) is 0 Å². The highest BCUT2D eigenvalue weighted by Gasteiger charge is 2.21. The molecule has 21 heavy (non-hydrogen) atoms. The van der Waals surface area contributed by atoms with E-state index in [4.69, 9.17) is 9.47 Å². The Hall–Kier alpha value is -1.11. The molecule has 0 spiro atoms. The summed E-state index contributed by atoms with van der Waals surface area (Å²) in [5.74, 6) is 0.610. The van der Waals surface area contributed by atoms with E-state index in [-0.39, 0.29) is 0 Å². The van der Waals surface area contributed by atoms with Crippen LogP contribution in [0.15, 0.2) is 39.3 Å². The maximum absolute atomic E-state index is 13.4. The Morgan fingerprint density at radius 3 is 2.24 bits per heavy atom. The highest BCUT2D eigenvalue weighted by molar-refractivity contribution is 9.10. The molecule has 1 unspecified atom stereocenters. The first kappa shape index (κ1) is 16.3. The zero-order valence-corrected chi connectivity index (χ0v) is 14.5. The zero-order chi connectivity index (χ0) is 15.6. The molecule has 0 aliphatic rings. The predicted octanol–water partition coefficient (Wildman–Crippen LogP) is 4.45. The molecule has 112 valence electrons. The van der Waals surface area contributed by atoms with Gasteiger partial charge in [-0.1, -0.05) is 15.9 Å². The SMILES string of the molecule is COc1cc(C(O)c2cc(F)ccc2Br)c(OC)cc1Br. The van der Waals surface area contributed by atoms with Gasteiger partial charge in [-0.25, -0.2) is 4.39 Å². The minimum Gasteiger partial charge on any atom is -0.496 e. The van der Waals surface area contributed by atoms with Crippen molar-refractivity contribution in [2.24, 2.45) is 0 Å². The van der Waals surface area contributed by atoms with Crippen molar-refractivity contribution in [2.45, 2.75) is 6.10 Å².